The predicted molar refractivity (Wildman–Crippen MR) is 57.8 cm³/mol. The second kappa shape index (κ2) is 5.40. The van der Waals surface area contributed by atoms with Crippen molar-refractivity contribution < 1.29 is 4.74 Å². The monoisotopic (exact) mass is 202 g/mol. The zero-order chi connectivity index (χ0) is 9.68. The van der Waals surface area contributed by atoms with Crippen LogP contribution in [0.5, 0.6) is 0 Å². The topological polar surface area (TPSA) is 33.3 Å². The molecule has 0 amide bonds. The van der Waals surface area contributed by atoms with Crippen LogP contribution in [0, 0.1) is 0 Å². The molecule has 0 bridgehead atoms. The van der Waals surface area contributed by atoms with Gasteiger partial charge in [0.05, 0.1) is 12.1 Å². The van der Waals surface area contributed by atoms with Crippen molar-refractivity contribution in [3.05, 3.63) is 0 Å². The summed E-state index contributed by atoms with van der Waals surface area (Å²) < 4.78 is 5.60. The average molecular weight is 202 g/mol. The normalized spacial score (nSPS) is 24.0. The van der Waals surface area contributed by atoms with Crippen molar-refractivity contribution in [2.75, 3.05) is 13.7 Å². The van der Waals surface area contributed by atoms with E-state index in [0.717, 1.165) is 19.4 Å². The van der Waals surface area contributed by atoms with Gasteiger partial charge < -0.3 is 15.4 Å². The fourth-order valence-electron chi connectivity index (χ4n) is 1.62. The highest BCUT2D eigenvalue weighted by Gasteiger charge is 2.24. The Morgan fingerprint density at radius 1 is 1.69 bits per heavy atom. The summed E-state index contributed by atoms with van der Waals surface area (Å²) in [7, 11) is 1.83. The molecule has 2 unspecified atom stereocenters. The average Bonchev–Trinajstić information content (AvgIpc) is 2.66. The van der Waals surface area contributed by atoms with Crippen molar-refractivity contribution in [1.82, 2.24) is 10.6 Å². The molecular formula is C9H18N2OS. The number of ether oxygens (including phenoxy) is 1. The van der Waals surface area contributed by atoms with Crippen LogP contribution in [-0.2, 0) is 4.74 Å². The van der Waals surface area contributed by atoms with Crippen LogP contribution in [0.25, 0.3) is 0 Å². The van der Waals surface area contributed by atoms with E-state index in [2.05, 4.69) is 17.6 Å². The van der Waals surface area contributed by atoms with Gasteiger partial charge in [-0.25, -0.2) is 0 Å². The predicted octanol–water partition coefficient (Wildman–Crippen LogP) is 1.04. The number of rotatable bonds is 3. The van der Waals surface area contributed by atoms with Gasteiger partial charge >= 0.3 is 0 Å². The van der Waals surface area contributed by atoms with Gasteiger partial charge in [0, 0.05) is 13.7 Å². The largest absolute Gasteiger partial charge is 0.376 e. The fourth-order valence-corrected chi connectivity index (χ4v) is 1.77. The standard InChI is InChI=1S/C9H18N2OS/c1-3-7(11-9(13)10-2)8-5-4-6-12-8/h7-8H,3-6H2,1-2H3,(H2,10,11,13). The van der Waals surface area contributed by atoms with Crippen molar-refractivity contribution in [3.8, 4) is 0 Å². The first-order valence-electron chi connectivity index (χ1n) is 4.87. The van der Waals surface area contributed by atoms with Gasteiger partial charge in [-0.15, -0.1) is 0 Å². The summed E-state index contributed by atoms with van der Waals surface area (Å²) in [6, 6.07) is 0.363. The first-order chi connectivity index (χ1) is 6.27. The summed E-state index contributed by atoms with van der Waals surface area (Å²) in [5.41, 5.74) is 0. The molecule has 76 valence electrons. The molecule has 0 aliphatic carbocycles. The molecule has 2 atom stereocenters. The Kier molecular flexibility index (Phi) is 4.45. The molecule has 1 aliphatic heterocycles. The second-order valence-corrected chi connectivity index (χ2v) is 3.70. The molecule has 1 rings (SSSR count). The Labute approximate surface area is 85.2 Å². The lowest BCUT2D eigenvalue weighted by Gasteiger charge is -2.23. The van der Waals surface area contributed by atoms with Crippen molar-refractivity contribution >= 4 is 17.3 Å². The highest BCUT2D eigenvalue weighted by Crippen LogP contribution is 2.17. The summed E-state index contributed by atoms with van der Waals surface area (Å²) in [6.07, 6.45) is 3.72. The molecule has 0 spiro atoms. The Morgan fingerprint density at radius 2 is 2.46 bits per heavy atom. The molecule has 0 aromatic rings. The minimum atomic E-state index is 0.344. The van der Waals surface area contributed by atoms with E-state index in [1.165, 1.54) is 6.42 Å². The van der Waals surface area contributed by atoms with E-state index >= 15 is 0 Å². The van der Waals surface area contributed by atoms with E-state index in [1.807, 2.05) is 7.05 Å². The lowest BCUT2D eigenvalue weighted by molar-refractivity contribution is 0.0831. The van der Waals surface area contributed by atoms with E-state index in [4.69, 9.17) is 17.0 Å². The van der Waals surface area contributed by atoms with Gasteiger partial charge in [-0.3, -0.25) is 0 Å². The van der Waals surface area contributed by atoms with Gasteiger partial charge in [-0.1, -0.05) is 6.92 Å². The zero-order valence-electron chi connectivity index (χ0n) is 8.30. The highest BCUT2D eigenvalue weighted by atomic mass is 32.1. The smallest absolute Gasteiger partial charge is 0.166 e. The van der Waals surface area contributed by atoms with E-state index < -0.39 is 0 Å². The van der Waals surface area contributed by atoms with E-state index in [0.29, 0.717) is 17.3 Å². The third-order valence-corrected chi connectivity index (χ3v) is 2.72. The molecule has 0 saturated carbocycles. The van der Waals surface area contributed by atoms with Crippen molar-refractivity contribution in [2.24, 2.45) is 0 Å². The van der Waals surface area contributed by atoms with Crippen LogP contribution in [0.15, 0.2) is 0 Å². The number of nitrogens with one attached hydrogen (secondary N) is 2. The Bertz CT molecular complexity index is 169. The summed E-state index contributed by atoms with van der Waals surface area (Å²) in [5, 5.41) is 6.88. The van der Waals surface area contributed by atoms with Crippen molar-refractivity contribution in [2.45, 2.75) is 38.3 Å². The highest BCUT2D eigenvalue weighted by molar-refractivity contribution is 7.80. The fraction of sp³-hybridized carbons (Fsp3) is 0.889. The summed E-state index contributed by atoms with van der Waals surface area (Å²) in [4.78, 5) is 0. The summed E-state index contributed by atoms with van der Waals surface area (Å²) in [6.45, 7) is 3.05. The lowest BCUT2D eigenvalue weighted by Crippen LogP contribution is -2.46. The molecule has 1 saturated heterocycles. The van der Waals surface area contributed by atoms with Crippen molar-refractivity contribution in [3.63, 3.8) is 0 Å². The van der Waals surface area contributed by atoms with Gasteiger partial charge in [0.2, 0.25) is 0 Å². The molecule has 0 aromatic heterocycles. The van der Waals surface area contributed by atoms with Crippen molar-refractivity contribution in [1.29, 1.82) is 0 Å². The first kappa shape index (κ1) is 10.7. The van der Waals surface area contributed by atoms with Crippen LogP contribution < -0.4 is 10.6 Å². The van der Waals surface area contributed by atoms with Gasteiger partial charge in [-0.2, -0.15) is 0 Å². The Balaban J connectivity index is 2.37. The van der Waals surface area contributed by atoms with Crippen LogP contribution in [0.1, 0.15) is 26.2 Å². The maximum Gasteiger partial charge on any atom is 0.166 e. The second-order valence-electron chi connectivity index (χ2n) is 3.29. The molecule has 3 nitrogen and oxygen atoms in total. The maximum absolute atomic E-state index is 5.60. The molecule has 0 aromatic carbocycles. The molecular weight excluding hydrogens is 184 g/mol. The Hall–Kier alpha value is -0.350. The number of hydrogen-bond acceptors (Lipinski definition) is 2. The Morgan fingerprint density at radius 3 is 2.92 bits per heavy atom. The molecule has 1 heterocycles. The van der Waals surface area contributed by atoms with Crippen LogP contribution >= 0.6 is 12.2 Å². The SMILES string of the molecule is CCC(NC(=S)NC)C1CCCO1. The molecule has 13 heavy (non-hydrogen) atoms. The molecule has 1 aliphatic rings. The first-order valence-corrected chi connectivity index (χ1v) is 5.28. The van der Waals surface area contributed by atoms with E-state index in [-0.39, 0.29) is 0 Å². The van der Waals surface area contributed by atoms with Crippen LogP contribution in [0.3, 0.4) is 0 Å². The molecule has 2 N–H and O–H groups in total. The third-order valence-electron chi connectivity index (χ3n) is 2.40. The third kappa shape index (κ3) is 3.12. The van der Waals surface area contributed by atoms with Crippen LogP contribution in [-0.4, -0.2) is 30.9 Å². The summed E-state index contributed by atoms with van der Waals surface area (Å²) >= 11 is 5.06. The zero-order valence-corrected chi connectivity index (χ0v) is 9.12. The maximum atomic E-state index is 5.60. The van der Waals surface area contributed by atoms with E-state index in [1.54, 1.807) is 0 Å². The van der Waals surface area contributed by atoms with Gasteiger partial charge in [0.1, 0.15) is 0 Å². The quantitative estimate of drug-likeness (QED) is 0.670. The number of thiocarbonyl (C=S) groups is 1. The van der Waals surface area contributed by atoms with Gasteiger partial charge in [0.25, 0.3) is 0 Å². The minimum absolute atomic E-state index is 0.344. The van der Waals surface area contributed by atoms with Gasteiger partial charge in [0.15, 0.2) is 5.11 Å². The number of hydrogen-bond donors (Lipinski definition) is 2. The van der Waals surface area contributed by atoms with Crippen LogP contribution in [0.2, 0.25) is 0 Å². The minimum Gasteiger partial charge on any atom is -0.376 e. The molecule has 4 heteroatoms. The van der Waals surface area contributed by atoms with Gasteiger partial charge in [-0.05, 0) is 31.5 Å². The lowest BCUT2D eigenvalue weighted by atomic mass is 10.1. The molecule has 0 radical (unpaired) electrons. The summed E-state index contributed by atoms with van der Waals surface area (Å²) in [5.74, 6) is 0. The molecule has 1 fully saturated rings. The van der Waals surface area contributed by atoms with Crippen LogP contribution in [0.4, 0.5) is 0 Å². The van der Waals surface area contributed by atoms with E-state index in [9.17, 15) is 0 Å².